The van der Waals surface area contributed by atoms with E-state index in [1.807, 2.05) is 0 Å². The van der Waals surface area contributed by atoms with Crippen molar-refractivity contribution < 1.29 is 14.3 Å². The monoisotopic (exact) mass is 303 g/mol. The number of amides is 1. The summed E-state index contributed by atoms with van der Waals surface area (Å²) in [6.07, 6.45) is 0.947. The minimum atomic E-state index is -0.366. The topological polar surface area (TPSA) is 55.4 Å². The molecule has 0 saturated carbocycles. The van der Waals surface area contributed by atoms with Gasteiger partial charge in [0.05, 0.1) is 5.69 Å². The smallest absolute Gasteiger partial charge is 0.239 e. The molecule has 0 saturated heterocycles. The molecule has 4 nitrogen and oxygen atoms in total. The van der Waals surface area contributed by atoms with Gasteiger partial charge in [0.2, 0.25) is 5.91 Å². The normalized spacial score (nSPS) is 10.3. The molecule has 0 aliphatic carbocycles. The molecule has 1 N–H and O–H groups in total. The van der Waals surface area contributed by atoms with Crippen LogP contribution in [0, 0.1) is 0 Å². The van der Waals surface area contributed by atoms with Gasteiger partial charge in [0, 0.05) is 30.7 Å². The van der Waals surface area contributed by atoms with Crippen LogP contribution in [0.3, 0.4) is 0 Å². The number of hydrogen-bond donors (Lipinski definition) is 1. The van der Waals surface area contributed by atoms with Crippen LogP contribution in [-0.4, -0.2) is 31.3 Å². The Labute approximate surface area is 122 Å². The number of Topliss-reactive ketones (excluding diaryl/α,β-unsaturated/α-hetero) is 1. The predicted molar refractivity (Wildman–Crippen MR) is 76.2 cm³/mol. The molecule has 0 spiro atoms. The molecule has 0 aliphatic heterocycles. The molecule has 6 heteroatoms. The van der Waals surface area contributed by atoms with Crippen LogP contribution in [0.5, 0.6) is 0 Å². The Balaban J connectivity index is 2.87. The molecule has 0 heterocycles. The number of anilines is 1. The molecule has 1 amide bonds. The number of carbonyl (C=O) groups excluding carboxylic acids is 2. The first-order valence-corrected chi connectivity index (χ1v) is 6.67. The summed E-state index contributed by atoms with van der Waals surface area (Å²) in [7, 11) is 1.58. The molecule has 0 unspecified atom stereocenters. The minimum absolute atomic E-state index is 0.0931. The number of ether oxygens (including phenoxy) is 1. The molecule has 0 fully saturated rings. The van der Waals surface area contributed by atoms with Gasteiger partial charge in [-0.15, -0.1) is 11.6 Å². The highest BCUT2D eigenvalue weighted by atomic mass is 35.5. The standard InChI is InChI=1S/C13H15Cl2NO3/c1-19-6-2-3-12(17)10-7-9(15)4-5-11(10)16-13(18)8-14/h4-5,7H,2-3,6,8H2,1H3,(H,16,18). The molecular formula is C13H15Cl2NO3. The quantitative estimate of drug-likeness (QED) is 0.478. The van der Waals surface area contributed by atoms with E-state index in [0.29, 0.717) is 35.7 Å². The summed E-state index contributed by atoms with van der Waals surface area (Å²) in [5.41, 5.74) is 0.819. The van der Waals surface area contributed by atoms with Gasteiger partial charge in [0.25, 0.3) is 0 Å². The molecule has 0 radical (unpaired) electrons. The van der Waals surface area contributed by atoms with Crippen LogP contribution in [0.25, 0.3) is 0 Å². The largest absolute Gasteiger partial charge is 0.385 e. The number of rotatable bonds is 7. The average Bonchev–Trinajstić information content (AvgIpc) is 2.40. The minimum Gasteiger partial charge on any atom is -0.385 e. The van der Waals surface area contributed by atoms with Crippen molar-refractivity contribution in [3.05, 3.63) is 28.8 Å². The van der Waals surface area contributed by atoms with E-state index in [2.05, 4.69) is 5.32 Å². The molecule has 19 heavy (non-hydrogen) atoms. The first kappa shape index (κ1) is 16.0. The second-order valence-corrected chi connectivity index (χ2v) is 4.59. The van der Waals surface area contributed by atoms with Crippen LogP contribution >= 0.6 is 23.2 Å². The summed E-state index contributed by atoms with van der Waals surface area (Å²) in [6.45, 7) is 0.510. The lowest BCUT2D eigenvalue weighted by molar-refractivity contribution is -0.113. The van der Waals surface area contributed by atoms with E-state index in [4.69, 9.17) is 27.9 Å². The molecule has 1 aromatic carbocycles. The lowest BCUT2D eigenvalue weighted by Gasteiger charge is -2.10. The Morgan fingerprint density at radius 1 is 1.37 bits per heavy atom. The fourth-order valence-electron chi connectivity index (χ4n) is 1.55. The maximum absolute atomic E-state index is 12.1. The summed E-state index contributed by atoms with van der Waals surface area (Å²) in [6, 6.07) is 4.74. The third-order valence-corrected chi connectivity index (χ3v) is 2.91. The number of ketones is 1. The summed E-state index contributed by atoms with van der Waals surface area (Å²) < 4.78 is 4.90. The Hall–Kier alpha value is -1.10. The fourth-order valence-corrected chi connectivity index (χ4v) is 1.79. The fraction of sp³-hybridized carbons (Fsp3) is 0.385. The van der Waals surface area contributed by atoms with Gasteiger partial charge in [-0.1, -0.05) is 11.6 Å². The predicted octanol–water partition coefficient (Wildman–Crippen LogP) is 3.13. The zero-order valence-electron chi connectivity index (χ0n) is 10.5. The maximum atomic E-state index is 12.1. The number of methoxy groups -OCH3 is 1. The van der Waals surface area contributed by atoms with Crippen LogP contribution < -0.4 is 5.32 Å². The third-order valence-electron chi connectivity index (χ3n) is 2.43. The Morgan fingerprint density at radius 3 is 2.74 bits per heavy atom. The van der Waals surface area contributed by atoms with Gasteiger partial charge < -0.3 is 10.1 Å². The van der Waals surface area contributed by atoms with Gasteiger partial charge in [-0.3, -0.25) is 9.59 Å². The molecular weight excluding hydrogens is 289 g/mol. The molecule has 1 aromatic rings. The first-order chi connectivity index (χ1) is 9.08. The van der Waals surface area contributed by atoms with Crippen molar-refractivity contribution >= 4 is 40.6 Å². The van der Waals surface area contributed by atoms with Crippen molar-refractivity contribution in [2.24, 2.45) is 0 Å². The summed E-state index contributed by atoms with van der Waals surface area (Å²) in [4.78, 5) is 23.4. The zero-order chi connectivity index (χ0) is 14.3. The number of halogens is 2. The van der Waals surface area contributed by atoms with Gasteiger partial charge in [-0.05, 0) is 24.6 Å². The van der Waals surface area contributed by atoms with Crippen LogP contribution in [-0.2, 0) is 9.53 Å². The van der Waals surface area contributed by atoms with Crippen LogP contribution in [0.15, 0.2) is 18.2 Å². The van der Waals surface area contributed by atoms with E-state index >= 15 is 0 Å². The molecule has 0 atom stereocenters. The van der Waals surface area contributed by atoms with E-state index in [9.17, 15) is 9.59 Å². The molecule has 0 aromatic heterocycles. The highest BCUT2D eigenvalue weighted by molar-refractivity contribution is 6.31. The van der Waals surface area contributed by atoms with Crippen LogP contribution in [0.2, 0.25) is 5.02 Å². The number of nitrogens with one attached hydrogen (secondary N) is 1. The molecule has 104 valence electrons. The lowest BCUT2D eigenvalue weighted by atomic mass is 10.0. The van der Waals surface area contributed by atoms with Gasteiger partial charge in [0.1, 0.15) is 5.88 Å². The van der Waals surface area contributed by atoms with Gasteiger partial charge in [0.15, 0.2) is 5.78 Å². The highest BCUT2D eigenvalue weighted by Crippen LogP contribution is 2.22. The zero-order valence-corrected chi connectivity index (χ0v) is 12.1. The number of benzene rings is 1. The second kappa shape index (κ2) is 8.15. The van der Waals surface area contributed by atoms with Gasteiger partial charge in [-0.2, -0.15) is 0 Å². The molecule has 0 aliphatic rings. The number of alkyl halides is 1. The summed E-state index contributed by atoms with van der Waals surface area (Å²) >= 11 is 11.3. The molecule has 1 rings (SSSR count). The van der Waals surface area contributed by atoms with Crippen molar-refractivity contribution in [1.82, 2.24) is 0 Å². The van der Waals surface area contributed by atoms with E-state index < -0.39 is 0 Å². The number of hydrogen-bond acceptors (Lipinski definition) is 3. The van der Waals surface area contributed by atoms with Crippen molar-refractivity contribution in [1.29, 1.82) is 0 Å². The molecule has 0 bridgehead atoms. The van der Waals surface area contributed by atoms with Gasteiger partial charge in [-0.25, -0.2) is 0 Å². The average molecular weight is 304 g/mol. The van der Waals surface area contributed by atoms with E-state index in [0.717, 1.165) is 0 Å². The maximum Gasteiger partial charge on any atom is 0.239 e. The number of carbonyl (C=O) groups is 2. The van der Waals surface area contributed by atoms with Gasteiger partial charge >= 0.3 is 0 Å². The van der Waals surface area contributed by atoms with E-state index in [-0.39, 0.29) is 17.6 Å². The Bertz CT molecular complexity index is 463. The lowest BCUT2D eigenvalue weighted by Crippen LogP contribution is -2.15. The van der Waals surface area contributed by atoms with Crippen LogP contribution in [0.4, 0.5) is 5.69 Å². The Kier molecular flexibility index (Phi) is 6.84. The summed E-state index contributed by atoms with van der Waals surface area (Å²) in [5.74, 6) is -0.626. The van der Waals surface area contributed by atoms with Crippen molar-refractivity contribution in [2.45, 2.75) is 12.8 Å². The Morgan fingerprint density at radius 2 is 2.11 bits per heavy atom. The van der Waals surface area contributed by atoms with Crippen LogP contribution in [0.1, 0.15) is 23.2 Å². The summed E-state index contributed by atoms with van der Waals surface area (Å²) in [5, 5.41) is 3.02. The van der Waals surface area contributed by atoms with Crippen molar-refractivity contribution in [3.8, 4) is 0 Å². The van der Waals surface area contributed by atoms with Crippen molar-refractivity contribution in [2.75, 3.05) is 24.9 Å². The second-order valence-electron chi connectivity index (χ2n) is 3.89. The van der Waals surface area contributed by atoms with E-state index in [1.54, 1.807) is 25.3 Å². The van der Waals surface area contributed by atoms with Crippen molar-refractivity contribution in [3.63, 3.8) is 0 Å². The third kappa shape index (κ3) is 5.19. The highest BCUT2D eigenvalue weighted by Gasteiger charge is 2.13. The SMILES string of the molecule is COCCCC(=O)c1cc(Cl)ccc1NC(=O)CCl. The first-order valence-electron chi connectivity index (χ1n) is 5.76. The van der Waals surface area contributed by atoms with E-state index in [1.165, 1.54) is 0 Å².